The van der Waals surface area contributed by atoms with Crippen LogP contribution in [0.25, 0.3) is 0 Å². The second-order valence-corrected chi connectivity index (χ2v) is 6.93. The van der Waals surface area contributed by atoms with Gasteiger partial charge in [0.05, 0.1) is 12.7 Å². The molecule has 0 N–H and O–H groups in total. The lowest BCUT2D eigenvalue weighted by molar-refractivity contribution is -0.147. The van der Waals surface area contributed by atoms with Gasteiger partial charge in [0.15, 0.2) is 0 Å². The predicted octanol–water partition coefficient (Wildman–Crippen LogP) is 0.544. The third kappa shape index (κ3) is 4.56. The molecular weight excluding hydrogens is 322 g/mol. The molecule has 138 valence electrons. The number of hydrogen-bond acceptors (Lipinski definition) is 5. The summed E-state index contributed by atoms with van der Waals surface area (Å²) >= 11 is 0. The van der Waals surface area contributed by atoms with Crippen molar-refractivity contribution in [3.63, 3.8) is 0 Å². The minimum Gasteiger partial charge on any atom is -0.372 e. The van der Waals surface area contributed by atoms with E-state index in [9.17, 15) is 9.59 Å². The number of methoxy groups -OCH3 is 1. The van der Waals surface area contributed by atoms with E-state index in [1.54, 1.807) is 18.2 Å². The summed E-state index contributed by atoms with van der Waals surface area (Å²) in [4.78, 5) is 28.6. The Bertz CT molecular complexity index is 569. The number of aromatic nitrogens is 3. The smallest absolute Gasteiger partial charge is 0.252 e. The van der Waals surface area contributed by atoms with Gasteiger partial charge in [0.2, 0.25) is 5.91 Å². The number of nitrogens with zero attached hydrogens (tertiary/aromatic N) is 5. The van der Waals surface area contributed by atoms with Gasteiger partial charge in [0.25, 0.3) is 5.91 Å². The molecule has 1 unspecified atom stereocenters. The van der Waals surface area contributed by atoms with E-state index in [1.165, 1.54) is 0 Å². The average Bonchev–Trinajstić information content (AvgIpc) is 3.07. The maximum atomic E-state index is 12.6. The van der Waals surface area contributed by atoms with Gasteiger partial charge in [-0.3, -0.25) is 14.3 Å². The lowest BCUT2D eigenvalue weighted by atomic mass is 9.97. The van der Waals surface area contributed by atoms with E-state index >= 15 is 0 Å². The van der Waals surface area contributed by atoms with Crippen molar-refractivity contribution in [3.05, 3.63) is 12.4 Å². The molecule has 3 heterocycles. The van der Waals surface area contributed by atoms with Crippen LogP contribution < -0.4 is 0 Å². The molecule has 0 aliphatic carbocycles. The Morgan fingerprint density at radius 3 is 2.72 bits per heavy atom. The van der Waals surface area contributed by atoms with Crippen LogP contribution in [0.5, 0.6) is 0 Å². The normalized spacial score (nSPS) is 22.9. The zero-order valence-corrected chi connectivity index (χ0v) is 14.8. The number of ether oxygens (including phenoxy) is 1. The van der Waals surface area contributed by atoms with Gasteiger partial charge in [0, 0.05) is 39.5 Å². The van der Waals surface area contributed by atoms with Crippen molar-refractivity contribution in [2.24, 2.45) is 5.92 Å². The fraction of sp³-hybridized carbons (Fsp3) is 0.765. The first-order chi connectivity index (χ1) is 12.2. The predicted molar refractivity (Wildman–Crippen MR) is 90.6 cm³/mol. The number of likely N-dealkylation sites (tertiary alicyclic amines) is 2. The molecule has 2 amide bonds. The van der Waals surface area contributed by atoms with Crippen molar-refractivity contribution in [2.45, 2.75) is 44.8 Å². The summed E-state index contributed by atoms with van der Waals surface area (Å²) in [5.41, 5.74) is 0. The van der Waals surface area contributed by atoms with Crippen LogP contribution in [-0.4, -0.2) is 76.0 Å². The van der Waals surface area contributed by atoms with E-state index in [-0.39, 0.29) is 18.4 Å². The summed E-state index contributed by atoms with van der Waals surface area (Å²) in [6, 6.07) is 0. The van der Waals surface area contributed by atoms with E-state index < -0.39 is 6.10 Å². The quantitative estimate of drug-likeness (QED) is 0.775. The zero-order valence-electron chi connectivity index (χ0n) is 14.8. The number of rotatable bonds is 5. The van der Waals surface area contributed by atoms with Crippen LogP contribution in [0.3, 0.4) is 0 Å². The highest BCUT2D eigenvalue weighted by Gasteiger charge is 2.30. The zero-order chi connectivity index (χ0) is 17.6. The van der Waals surface area contributed by atoms with Gasteiger partial charge in [0.1, 0.15) is 6.10 Å². The Kier molecular flexibility index (Phi) is 6.01. The summed E-state index contributed by atoms with van der Waals surface area (Å²) in [5, 5.41) is 7.83. The van der Waals surface area contributed by atoms with Crippen LogP contribution in [0.15, 0.2) is 12.4 Å². The second kappa shape index (κ2) is 8.42. The number of hydrogen-bond donors (Lipinski definition) is 0. The number of amides is 2. The minimum atomic E-state index is -0.399. The van der Waals surface area contributed by atoms with Gasteiger partial charge in [-0.15, -0.1) is 5.10 Å². The van der Waals surface area contributed by atoms with Gasteiger partial charge in [-0.25, -0.2) is 0 Å². The van der Waals surface area contributed by atoms with E-state index in [1.807, 2.05) is 15.8 Å². The molecule has 0 radical (unpaired) electrons. The first-order valence-electron chi connectivity index (χ1n) is 9.11. The fourth-order valence-corrected chi connectivity index (χ4v) is 3.67. The van der Waals surface area contributed by atoms with Crippen LogP contribution in [0.1, 0.15) is 32.1 Å². The highest BCUT2D eigenvalue weighted by Crippen LogP contribution is 2.20. The molecule has 1 aromatic rings. The molecule has 8 heteroatoms. The van der Waals surface area contributed by atoms with Gasteiger partial charge in [-0.1, -0.05) is 5.21 Å². The largest absolute Gasteiger partial charge is 0.372 e. The van der Waals surface area contributed by atoms with Crippen LogP contribution in [-0.2, 0) is 20.9 Å². The maximum Gasteiger partial charge on any atom is 0.252 e. The molecule has 0 bridgehead atoms. The van der Waals surface area contributed by atoms with E-state index in [0.717, 1.165) is 51.7 Å². The Morgan fingerprint density at radius 1 is 1.24 bits per heavy atom. The standard InChI is InChI=1S/C17H27N5O3/c1-25-15-4-2-3-8-21(17(15)24)13-16(23)20-9-5-14(6-10-20)12-22-11-7-18-19-22/h7,11,14-15H,2-6,8-10,12-13H2,1H3. The molecule has 3 rings (SSSR count). The Morgan fingerprint density at radius 2 is 2.04 bits per heavy atom. The lowest BCUT2D eigenvalue weighted by Crippen LogP contribution is -2.48. The van der Waals surface area contributed by atoms with Crippen molar-refractivity contribution in [3.8, 4) is 0 Å². The lowest BCUT2D eigenvalue weighted by Gasteiger charge is -2.33. The molecule has 1 aromatic heterocycles. The molecule has 0 aromatic carbocycles. The maximum absolute atomic E-state index is 12.6. The highest BCUT2D eigenvalue weighted by molar-refractivity contribution is 5.87. The molecule has 0 saturated carbocycles. The molecule has 0 spiro atoms. The summed E-state index contributed by atoms with van der Waals surface area (Å²) in [5.74, 6) is 0.516. The van der Waals surface area contributed by atoms with Gasteiger partial charge >= 0.3 is 0 Å². The average molecular weight is 349 g/mol. The van der Waals surface area contributed by atoms with Gasteiger partial charge < -0.3 is 14.5 Å². The van der Waals surface area contributed by atoms with Crippen LogP contribution in [0.2, 0.25) is 0 Å². The van der Waals surface area contributed by atoms with E-state index in [2.05, 4.69) is 10.3 Å². The summed E-state index contributed by atoms with van der Waals surface area (Å²) in [7, 11) is 1.56. The molecule has 2 saturated heterocycles. The number of piperidine rings is 1. The highest BCUT2D eigenvalue weighted by atomic mass is 16.5. The first-order valence-corrected chi connectivity index (χ1v) is 9.11. The first kappa shape index (κ1) is 17.8. The number of carbonyl (C=O) groups excluding carboxylic acids is 2. The number of carbonyl (C=O) groups is 2. The Hall–Kier alpha value is -1.96. The van der Waals surface area contributed by atoms with E-state index in [0.29, 0.717) is 12.5 Å². The van der Waals surface area contributed by atoms with Crippen molar-refractivity contribution in [1.29, 1.82) is 0 Å². The van der Waals surface area contributed by atoms with Crippen molar-refractivity contribution < 1.29 is 14.3 Å². The van der Waals surface area contributed by atoms with Crippen LogP contribution >= 0.6 is 0 Å². The van der Waals surface area contributed by atoms with Crippen molar-refractivity contribution in [1.82, 2.24) is 24.8 Å². The van der Waals surface area contributed by atoms with Crippen molar-refractivity contribution >= 4 is 11.8 Å². The van der Waals surface area contributed by atoms with Crippen LogP contribution in [0.4, 0.5) is 0 Å². The fourth-order valence-electron chi connectivity index (χ4n) is 3.67. The van der Waals surface area contributed by atoms with Crippen molar-refractivity contribution in [2.75, 3.05) is 33.3 Å². The topological polar surface area (TPSA) is 80.6 Å². The summed E-state index contributed by atoms with van der Waals surface area (Å²) < 4.78 is 7.13. The minimum absolute atomic E-state index is 0.0457. The Balaban J connectivity index is 1.48. The van der Waals surface area contributed by atoms with E-state index in [4.69, 9.17) is 4.74 Å². The molecule has 1 atom stereocenters. The summed E-state index contributed by atoms with van der Waals surface area (Å²) in [6.07, 6.45) is 7.71. The monoisotopic (exact) mass is 349 g/mol. The third-order valence-corrected chi connectivity index (χ3v) is 5.23. The Labute approximate surface area is 148 Å². The molecule has 2 aliphatic rings. The molecule has 2 fully saturated rings. The molecule has 25 heavy (non-hydrogen) atoms. The third-order valence-electron chi connectivity index (χ3n) is 5.23. The molecule has 2 aliphatic heterocycles. The molecular formula is C17H27N5O3. The SMILES string of the molecule is COC1CCCCN(CC(=O)N2CCC(Cn3ccnn3)CC2)C1=O. The van der Waals surface area contributed by atoms with Gasteiger partial charge in [-0.05, 0) is 38.0 Å². The summed E-state index contributed by atoms with van der Waals surface area (Å²) in [6.45, 7) is 3.16. The van der Waals surface area contributed by atoms with Gasteiger partial charge in [-0.2, -0.15) is 0 Å². The van der Waals surface area contributed by atoms with Crippen LogP contribution in [0, 0.1) is 5.92 Å². The molecule has 8 nitrogen and oxygen atoms in total. The second-order valence-electron chi connectivity index (χ2n) is 6.93.